The number of aryl methyl sites for hydroxylation is 2. The zero-order chi connectivity index (χ0) is 18.7. The van der Waals surface area contributed by atoms with Gasteiger partial charge in [-0.3, -0.25) is 4.79 Å². The fourth-order valence-corrected chi connectivity index (χ4v) is 2.35. The number of aromatic nitrogens is 2. The predicted octanol–water partition coefficient (Wildman–Crippen LogP) is 4.42. The molecule has 1 amide bonds. The van der Waals surface area contributed by atoms with Crippen molar-refractivity contribution >= 4 is 11.6 Å². The Balaban J connectivity index is 1.83. The lowest BCUT2D eigenvalue weighted by atomic mass is 10.2. The van der Waals surface area contributed by atoms with Crippen molar-refractivity contribution in [2.75, 3.05) is 5.32 Å². The Morgan fingerprint density at radius 2 is 1.69 bits per heavy atom. The molecule has 132 valence electrons. The molecule has 3 aromatic rings. The summed E-state index contributed by atoms with van der Waals surface area (Å²) in [7, 11) is 0. The summed E-state index contributed by atoms with van der Waals surface area (Å²) >= 11 is 0. The highest BCUT2D eigenvalue weighted by atomic mass is 19.1. The van der Waals surface area contributed by atoms with Gasteiger partial charge < -0.3 is 10.1 Å². The molecule has 3 rings (SSSR count). The summed E-state index contributed by atoms with van der Waals surface area (Å²) in [5.74, 6) is -1.52. The van der Waals surface area contributed by atoms with E-state index >= 15 is 0 Å². The number of rotatable bonds is 4. The van der Waals surface area contributed by atoms with Gasteiger partial charge in [-0.05, 0) is 44.2 Å². The first kappa shape index (κ1) is 17.5. The molecule has 5 nitrogen and oxygen atoms in total. The van der Waals surface area contributed by atoms with Crippen LogP contribution in [0.25, 0.3) is 0 Å². The summed E-state index contributed by atoms with van der Waals surface area (Å²) in [6.45, 7) is 3.31. The number of anilines is 1. The smallest absolute Gasteiger partial charge is 0.322 e. The van der Waals surface area contributed by atoms with Gasteiger partial charge in [0, 0.05) is 5.56 Å². The molecular formula is C19H15F2N3O2. The third-order valence-corrected chi connectivity index (χ3v) is 3.61. The lowest BCUT2D eigenvalue weighted by Gasteiger charge is -2.12. The quantitative estimate of drug-likeness (QED) is 0.753. The molecule has 0 saturated carbocycles. The minimum absolute atomic E-state index is 0.00264. The molecule has 0 unspecified atom stereocenters. The number of benzene rings is 2. The number of amides is 1. The molecule has 2 aromatic carbocycles. The van der Waals surface area contributed by atoms with E-state index in [0.717, 1.165) is 6.07 Å². The van der Waals surface area contributed by atoms with E-state index in [2.05, 4.69) is 15.3 Å². The van der Waals surface area contributed by atoms with Crippen LogP contribution in [-0.2, 0) is 0 Å². The van der Waals surface area contributed by atoms with Gasteiger partial charge in [0.1, 0.15) is 5.82 Å². The van der Waals surface area contributed by atoms with Gasteiger partial charge in [-0.25, -0.2) is 8.78 Å². The van der Waals surface area contributed by atoms with Crippen molar-refractivity contribution in [2.24, 2.45) is 0 Å². The van der Waals surface area contributed by atoms with Gasteiger partial charge in [0.15, 0.2) is 11.6 Å². The normalized spacial score (nSPS) is 10.5. The molecule has 7 heteroatoms. The van der Waals surface area contributed by atoms with Gasteiger partial charge in [0.25, 0.3) is 5.91 Å². The van der Waals surface area contributed by atoms with Crippen LogP contribution in [0.5, 0.6) is 11.8 Å². The van der Waals surface area contributed by atoms with Gasteiger partial charge in [-0.15, -0.1) is 0 Å². The highest BCUT2D eigenvalue weighted by Crippen LogP contribution is 2.25. The van der Waals surface area contributed by atoms with Crippen LogP contribution >= 0.6 is 0 Å². The van der Waals surface area contributed by atoms with Crippen molar-refractivity contribution in [1.29, 1.82) is 0 Å². The van der Waals surface area contributed by atoms with E-state index in [1.54, 1.807) is 26.0 Å². The molecule has 1 heterocycles. The number of nitrogens with zero attached hydrogens (tertiary/aromatic N) is 2. The summed E-state index contributed by atoms with van der Waals surface area (Å²) < 4.78 is 32.3. The minimum Gasteiger partial charge on any atom is -0.421 e. The third-order valence-electron chi connectivity index (χ3n) is 3.61. The second-order valence-electron chi connectivity index (χ2n) is 5.55. The molecule has 1 aromatic heterocycles. The summed E-state index contributed by atoms with van der Waals surface area (Å²) in [5, 5.41) is 2.66. The number of nitrogens with one attached hydrogen (secondary N) is 1. The molecule has 0 atom stereocenters. The molecule has 0 radical (unpaired) electrons. The monoisotopic (exact) mass is 355 g/mol. The number of para-hydroxylation sites is 1. The van der Waals surface area contributed by atoms with Crippen LogP contribution in [-0.4, -0.2) is 15.9 Å². The maximum atomic E-state index is 13.7. The highest BCUT2D eigenvalue weighted by molar-refractivity contribution is 6.04. The Kier molecular flexibility index (Phi) is 4.88. The van der Waals surface area contributed by atoms with E-state index in [4.69, 9.17) is 4.74 Å². The summed E-state index contributed by atoms with van der Waals surface area (Å²) in [5.41, 5.74) is 1.44. The number of carbonyl (C=O) groups is 1. The molecular weight excluding hydrogens is 340 g/mol. The lowest BCUT2D eigenvalue weighted by molar-refractivity contribution is 0.102. The lowest BCUT2D eigenvalue weighted by Crippen LogP contribution is -2.15. The molecule has 0 aliphatic rings. The summed E-state index contributed by atoms with van der Waals surface area (Å²) in [4.78, 5) is 20.6. The fourth-order valence-electron chi connectivity index (χ4n) is 2.35. The first-order valence-electron chi connectivity index (χ1n) is 7.78. The topological polar surface area (TPSA) is 64.1 Å². The van der Waals surface area contributed by atoms with Crippen molar-refractivity contribution in [2.45, 2.75) is 13.8 Å². The minimum atomic E-state index is -0.533. The van der Waals surface area contributed by atoms with Crippen LogP contribution in [0.15, 0.2) is 48.5 Å². The summed E-state index contributed by atoms with van der Waals surface area (Å²) in [6.07, 6.45) is 0. The Morgan fingerprint density at radius 1 is 1.00 bits per heavy atom. The van der Waals surface area contributed by atoms with Crippen LogP contribution in [0.1, 0.15) is 21.7 Å². The van der Waals surface area contributed by atoms with Crippen LogP contribution in [0, 0.1) is 25.5 Å². The van der Waals surface area contributed by atoms with Gasteiger partial charge in [-0.2, -0.15) is 9.97 Å². The second kappa shape index (κ2) is 7.26. The molecule has 0 bridgehead atoms. The molecule has 0 fully saturated rings. The van der Waals surface area contributed by atoms with Crippen molar-refractivity contribution in [1.82, 2.24) is 9.97 Å². The maximum Gasteiger partial charge on any atom is 0.322 e. The van der Waals surface area contributed by atoms with Gasteiger partial charge in [-0.1, -0.05) is 18.2 Å². The fraction of sp³-hybridized carbons (Fsp3) is 0.105. The Morgan fingerprint density at radius 3 is 2.35 bits per heavy atom. The number of carbonyl (C=O) groups excluding carboxylic acids is 1. The predicted molar refractivity (Wildman–Crippen MR) is 92.3 cm³/mol. The van der Waals surface area contributed by atoms with E-state index < -0.39 is 17.5 Å². The zero-order valence-electron chi connectivity index (χ0n) is 14.1. The third kappa shape index (κ3) is 3.83. The van der Waals surface area contributed by atoms with Crippen LogP contribution in [0.3, 0.4) is 0 Å². The maximum absolute atomic E-state index is 13.7. The van der Waals surface area contributed by atoms with E-state index in [1.165, 1.54) is 30.3 Å². The molecule has 0 spiro atoms. The van der Waals surface area contributed by atoms with E-state index in [-0.39, 0.29) is 17.3 Å². The first-order chi connectivity index (χ1) is 12.4. The number of hydrogen-bond donors (Lipinski definition) is 1. The highest BCUT2D eigenvalue weighted by Gasteiger charge is 2.15. The van der Waals surface area contributed by atoms with E-state index in [1.807, 2.05) is 0 Å². The number of halogens is 2. The average Bonchev–Trinajstić information content (AvgIpc) is 2.60. The molecule has 26 heavy (non-hydrogen) atoms. The Labute approximate surface area is 148 Å². The largest absolute Gasteiger partial charge is 0.421 e. The van der Waals surface area contributed by atoms with Crippen molar-refractivity contribution in [3.8, 4) is 11.8 Å². The number of ether oxygens (including phenoxy) is 1. The van der Waals surface area contributed by atoms with E-state index in [9.17, 15) is 13.6 Å². The van der Waals surface area contributed by atoms with Gasteiger partial charge in [0.05, 0.1) is 17.1 Å². The first-order valence-corrected chi connectivity index (χ1v) is 7.78. The Bertz CT molecular complexity index is 953. The van der Waals surface area contributed by atoms with Crippen LogP contribution < -0.4 is 10.1 Å². The van der Waals surface area contributed by atoms with Crippen molar-refractivity contribution in [3.63, 3.8) is 0 Å². The van der Waals surface area contributed by atoms with Crippen LogP contribution in [0.4, 0.5) is 14.5 Å². The van der Waals surface area contributed by atoms with Gasteiger partial charge in [0.2, 0.25) is 0 Å². The standard InChI is InChI=1S/C19H15F2N3O2/c1-11-17(24-18(25)13-6-5-7-14(20)10-13)12(2)23-19(22-11)26-16-9-4-3-8-15(16)21/h3-10H,1-2H3,(H,24,25). The van der Waals surface area contributed by atoms with Crippen molar-refractivity contribution < 1.29 is 18.3 Å². The summed E-state index contributed by atoms with van der Waals surface area (Å²) in [6, 6.07) is 11.2. The SMILES string of the molecule is Cc1nc(Oc2ccccc2F)nc(C)c1NC(=O)c1cccc(F)c1. The molecule has 0 aliphatic heterocycles. The van der Waals surface area contributed by atoms with Gasteiger partial charge >= 0.3 is 6.01 Å². The zero-order valence-corrected chi connectivity index (χ0v) is 14.1. The molecule has 0 saturated heterocycles. The molecule has 1 N–H and O–H groups in total. The van der Waals surface area contributed by atoms with Crippen LogP contribution in [0.2, 0.25) is 0 Å². The Hall–Kier alpha value is -3.35. The molecule has 0 aliphatic carbocycles. The second-order valence-corrected chi connectivity index (χ2v) is 5.55. The van der Waals surface area contributed by atoms with E-state index in [0.29, 0.717) is 17.1 Å². The number of hydrogen-bond acceptors (Lipinski definition) is 4. The van der Waals surface area contributed by atoms with Crippen molar-refractivity contribution in [3.05, 3.63) is 77.1 Å². The average molecular weight is 355 g/mol.